The zero-order valence-corrected chi connectivity index (χ0v) is 17.1. The second-order valence-corrected chi connectivity index (χ2v) is 8.71. The molecule has 1 atom stereocenters. The van der Waals surface area contributed by atoms with E-state index >= 15 is 0 Å². The van der Waals surface area contributed by atoms with Crippen molar-refractivity contribution in [2.24, 2.45) is 0 Å². The van der Waals surface area contributed by atoms with Gasteiger partial charge >= 0.3 is 6.18 Å². The minimum absolute atomic E-state index is 0.00511. The highest BCUT2D eigenvalue weighted by Gasteiger charge is 2.33. The summed E-state index contributed by atoms with van der Waals surface area (Å²) < 4.78 is 41.9. The van der Waals surface area contributed by atoms with Gasteiger partial charge in [0.25, 0.3) is 0 Å². The minimum Gasteiger partial charge on any atom is -0.391 e. The van der Waals surface area contributed by atoms with Crippen molar-refractivity contribution in [1.29, 1.82) is 0 Å². The van der Waals surface area contributed by atoms with Crippen molar-refractivity contribution >= 4 is 17.0 Å². The third-order valence-corrected chi connectivity index (χ3v) is 5.24. The SMILES string of the molecule is CC(C)(C)c1nc(N2CC[C@H](O)C2)c2ncn(Cc3ccccc3C(F)(F)F)c2n1. The number of halogens is 3. The highest BCUT2D eigenvalue weighted by molar-refractivity contribution is 5.84. The number of hydrogen-bond donors (Lipinski definition) is 1. The predicted octanol–water partition coefficient (Wildman–Crippen LogP) is 3.76. The Hall–Kier alpha value is -2.68. The van der Waals surface area contributed by atoms with Gasteiger partial charge in [0.05, 0.1) is 24.5 Å². The van der Waals surface area contributed by atoms with E-state index < -0.39 is 17.8 Å². The van der Waals surface area contributed by atoms with Crippen molar-refractivity contribution in [3.63, 3.8) is 0 Å². The molecule has 1 N–H and O–H groups in total. The van der Waals surface area contributed by atoms with E-state index in [1.54, 1.807) is 10.6 Å². The summed E-state index contributed by atoms with van der Waals surface area (Å²) in [4.78, 5) is 15.8. The van der Waals surface area contributed by atoms with Gasteiger partial charge in [0, 0.05) is 18.5 Å². The van der Waals surface area contributed by atoms with Crippen molar-refractivity contribution in [2.75, 3.05) is 18.0 Å². The van der Waals surface area contributed by atoms with Crippen molar-refractivity contribution in [3.8, 4) is 0 Å². The Bertz CT molecular complexity index is 1070. The molecule has 0 unspecified atom stereocenters. The van der Waals surface area contributed by atoms with Crippen LogP contribution in [0.15, 0.2) is 30.6 Å². The van der Waals surface area contributed by atoms with Crippen molar-refractivity contribution in [2.45, 2.75) is 51.4 Å². The normalized spacial score (nSPS) is 17.8. The summed E-state index contributed by atoms with van der Waals surface area (Å²) >= 11 is 0. The quantitative estimate of drug-likeness (QED) is 0.700. The van der Waals surface area contributed by atoms with E-state index in [0.29, 0.717) is 42.3 Å². The highest BCUT2D eigenvalue weighted by atomic mass is 19.4. The van der Waals surface area contributed by atoms with Crippen LogP contribution < -0.4 is 4.90 Å². The van der Waals surface area contributed by atoms with Crippen LogP contribution in [-0.4, -0.2) is 43.8 Å². The first-order valence-electron chi connectivity index (χ1n) is 9.85. The number of alkyl halides is 3. The van der Waals surface area contributed by atoms with Crippen LogP contribution in [0.2, 0.25) is 0 Å². The third kappa shape index (κ3) is 3.86. The van der Waals surface area contributed by atoms with Gasteiger partial charge in [0.1, 0.15) is 5.82 Å². The van der Waals surface area contributed by atoms with E-state index in [2.05, 4.69) is 9.97 Å². The number of rotatable bonds is 3. The molecule has 0 aliphatic carbocycles. The van der Waals surface area contributed by atoms with Gasteiger partial charge in [0.15, 0.2) is 17.0 Å². The number of hydrogen-bond acceptors (Lipinski definition) is 5. The Labute approximate surface area is 172 Å². The molecule has 1 aliphatic heterocycles. The van der Waals surface area contributed by atoms with Crippen molar-refractivity contribution in [3.05, 3.63) is 47.5 Å². The molecular weight excluding hydrogens is 395 g/mol. The van der Waals surface area contributed by atoms with E-state index in [-0.39, 0.29) is 17.5 Å². The number of aromatic nitrogens is 4. The van der Waals surface area contributed by atoms with Crippen LogP contribution in [0.3, 0.4) is 0 Å². The van der Waals surface area contributed by atoms with Crippen molar-refractivity contribution in [1.82, 2.24) is 19.5 Å². The Morgan fingerprint density at radius 1 is 1.13 bits per heavy atom. The smallest absolute Gasteiger partial charge is 0.391 e. The fourth-order valence-corrected chi connectivity index (χ4v) is 3.65. The van der Waals surface area contributed by atoms with Crippen LogP contribution in [0.25, 0.3) is 11.2 Å². The second kappa shape index (κ2) is 7.23. The molecule has 160 valence electrons. The number of imidazole rings is 1. The lowest BCUT2D eigenvalue weighted by Crippen LogP contribution is -2.25. The summed E-state index contributed by atoms with van der Waals surface area (Å²) in [7, 11) is 0. The molecular formula is C21H24F3N5O. The van der Waals surface area contributed by atoms with Crippen LogP contribution in [-0.2, 0) is 18.1 Å². The molecule has 0 radical (unpaired) electrons. The lowest BCUT2D eigenvalue weighted by Gasteiger charge is -2.22. The average molecular weight is 419 g/mol. The maximum absolute atomic E-state index is 13.4. The molecule has 3 heterocycles. The van der Waals surface area contributed by atoms with Gasteiger partial charge < -0.3 is 14.6 Å². The van der Waals surface area contributed by atoms with Crippen LogP contribution in [0.5, 0.6) is 0 Å². The van der Waals surface area contributed by atoms with E-state index in [1.165, 1.54) is 18.5 Å². The van der Waals surface area contributed by atoms with E-state index in [9.17, 15) is 18.3 Å². The summed E-state index contributed by atoms with van der Waals surface area (Å²) in [6.07, 6.45) is -2.73. The monoisotopic (exact) mass is 419 g/mol. The highest BCUT2D eigenvalue weighted by Crippen LogP contribution is 2.34. The molecule has 0 bridgehead atoms. The van der Waals surface area contributed by atoms with Crippen LogP contribution in [0.1, 0.15) is 44.1 Å². The van der Waals surface area contributed by atoms with Crippen LogP contribution >= 0.6 is 0 Å². The Kier molecular flexibility index (Phi) is 4.96. The number of anilines is 1. The van der Waals surface area contributed by atoms with Gasteiger partial charge in [-0.1, -0.05) is 39.0 Å². The summed E-state index contributed by atoms with van der Waals surface area (Å²) in [5, 5.41) is 9.95. The fourth-order valence-electron chi connectivity index (χ4n) is 3.65. The minimum atomic E-state index is -4.44. The molecule has 6 nitrogen and oxygen atoms in total. The molecule has 1 aromatic carbocycles. The van der Waals surface area contributed by atoms with E-state index in [0.717, 1.165) is 6.07 Å². The molecule has 0 spiro atoms. The predicted molar refractivity (Wildman–Crippen MR) is 107 cm³/mol. The van der Waals surface area contributed by atoms with E-state index in [1.807, 2.05) is 25.7 Å². The van der Waals surface area contributed by atoms with E-state index in [4.69, 9.17) is 4.98 Å². The number of benzene rings is 1. The van der Waals surface area contributed by atoms with Crippen molar-refractivity contribution < 1.29 is 18.3 Å². The molecule has 9 heteroatoms. The zero-order chi connectivity index (χ0) is 21.7. The summed E-state index contributed by atoms with van der Waals surface area (Å²) in [6.45, 7) is 7.03. The summed E-state index contributed by atoms with van der Waals surface area (Å²) in [6, 6.07) is 5.53. The number of β-amino-alcohol motifs (C(OH)–C–C–N with tert-alkyl or cyclic N) is 1. The molecule has 1 saturated heterocycles. The van der Waals surface area contributed by atoms with Crippen LogP contribution in [0, 0.1) is 0 Å². The molecule has 1 fully saturated rings. The summed E-state index contributed by atoms with van der Waals surface area (Å²) in [5.41, 5.74) is 0.142. The lowest BCUT2D eigenvalue weighted by molar-refractivity contribution is -0.138. The molecule has 2 aromatic heterocycles. The second-order valence-electron chi connectivity index (χ2n) is 8.71. The van der Waals surface area contributed by atoms with Crippen LogP contribution in [0.4, 0.5) is 19.0 Å². The first-order chi connectivity index (χ1) is 14.0. The molecule has 3 aromatic rings. The van der Waals surface area contributed by atoms with Gasteiger partial charge in [-0.05, 0) is 18.1 Å². The van der Waals surface area contributed by atoms with Gasteiger partial charge in [-0.15, -0.1) is 0 Å². The topological polar surface area (TPSA) is 67.1 Å². The van der Waals surface area contributed by atoms with Gasteiger partial charge in [-0.3, -0.25) is 0 Å². The first kappa shape index (κ1) is 20.6. The maximum atomic E-state index is 13.4. The maximum Gasteiger partial charge on any atom is 0.416 e. The standard InChI is InChI=1S/C21H24F3N5O/c1-20(2,3)19-26-17(28-9-8-14(30)11-28)16-18(27-19)29(12-25-16)10-13-6-4-5-7-15(13)21(22,23)24/h4-7,12,14,30H,8-11H2,1-3H3/t14-/m0/s1. The Balaban J connectivity index is 1.83. The Morgan fingerprint density at radius 3 is 2.50 bits per heavy atom. The fraction of sp³-hybridized carbons (Fsp3) is 0.476. The molecule has 30 heavy (non-hydrogen) atoms. The molecule has 0 amide bonds. The molecule has 0 saturated carbocycles. The largest absolute Gasteiger partial charge is 0.416 e. The number of fused-ring (bicyclic) bond motifs is 1. The molecule has 4 rings (SSSR count). The van der Waals surface area contributed by atoms with Gasteiger partial charge in [-0.2, -0.15) is 13.2 Å². The number of aliphatic hydroxyl groups excluding tert-OH is 1. The van der Waals surface area contributed by atoms with Gasteiger partial charge in [-0.25, -0.2) is 15.0 Å². The number of aliphatic hydroxyl groups is 1. The van der Waals surface area contributed by atoms with Gasteiger partial charge in [0.2, 0.25) is 0 Å². The Morgan fingerprint density at radius 2 is 1.87 bits per heavy atom. The average Bonchev–Trinajstić information content (AvgIpc) is 3.26. The first-order valence-corrected chi connectivity index (χ1v) is 9.85. The lowest BCUT2D eigenvalue weighted by atomic mass is 9.96. The third-order valence-electron chi connectivity index (χ3n) is 5.24. The number of nitrogens with zero attached hydrogens (tertiary/aromatic N) is 5. The summed E-state index contributed by atoms with van der Waals surface area (Å²) in [5.74, 6) is 1.20. The zero-order valence-electron chi connectivity index (χ0n) is 17.1. The molecule has 1 aliphatic rings.